The van der Waals surface area contributed by atoms with Crippen molar-refractivity contribution in [3.8, 4) is 0 Å². The Morgan fingerprint density at radius 1 is 1.05 bits per heavy atom. The Kier molecular flexibility index (Phi) is 5.74. The van der Waals surface area contributed by atoms with Crippen LogP contribution in [0.1, 0.15) is 34.1 Å². The van der Waals surface area contributed by atoms with Crippen molar-refractivity contribution < 1.29 is 19.2 Å². The molecule has 0 aromatic carbocycles. The average molecular weight is 300 g/mol. The number of thioether (sulfide) groups is 1. The van der Waals surface area contributed by atoms with Crippen LogP contribution >= 0.6 is 11.8 Å². The Morgan fingerprint density at radius 3 is 1.85 bits per heavy atom. The zero-order chi connectivity index (χ0) is 15.4. The van der Waals surface area contributed by atoms with Gasteiger partial charge in [0.05, 0.1) is 17.7 Å². The first-order valence-electron chi connectivity index (χ1n) is 6.56. The van der Waals surface area contributed by atoms with E-state index in [2.05, 4.69) is 10.6 Å². The first-order valence-corrected chi connectivity index (χ1v) is 7.44. The number of Topliss-reactive ketones (excluding diaryl/α,β-unsaturated/α-hetero) is 1. The minimum Gasteiger partial charge on any atom is -0.346 e. The number of hydrogen-bond acceptors (Lipinski definition) is 5. The highest BCUT2D eigenvalue weighted by Gasteiger charge is 2.33. The van der Waals surface area contributed by atoms with Crippen molar-refractivity contribution in [2.24, 2.45) is 11.8 Å². The molecule has 7 heteroatoms. The number of nitrogens with one attached hydrogen (secondary N) is 2. The zero-order valence-corrected chi connectivity index (χ0v) is 12.9. The molecule has 0 aromatic heterocycles. The van der Waals surface area contributed by atoms with E-state index in [1.54, 1.807) is 0 Å². The van der Waals surface area contributed by atoms with E-state index in [0.29, 0.717) is 0 Å². The van der Waals surface area contributed by atoms with Crippen molar-refractivity contribution >= 4 is 34.6 Å². The molecular formula is C13H20N2O4S. The van der Waals surface area contributed by atoms with E-state index in [4.69, 9.17) is 0 Å². The van der Waals surface area contributed by atoms with Crippen molar-refractivity contribution in [2.45, 2.75) is 45.4 Å². The number of rotatable bonds is 2. The predicted octanol–water partition coefficient (Wildman–Crippen LogP) is 1.09. The first kappa shape index (κ1) is 16.7. The van der Waals surface area contributed by atoms with Crippen LogP contribution in [0.3, 0.4) is 0 Å². The summed E-state index contributed by atoms with van der Waals surface area (Å²) in [5, 5.41) is 4.46. The molecule has 0 radical (unpaired) electrons. The molecule has 2 saturated heterocycles. The summed E-state index contributed by atoms with van der Waals surface area (Å²) in [7, 11) is 0. The van der Waals surface area contributed by atoms with Crippen molar-refractivity contribution in [3.05, 3.63) is 0 Å². The monoisotopic (exact) mass is 300 g/mol. The summed E-state index contributed by atoms with van der Waals surface area (Å²) in [5.74, 6) is 0.198. The van der Waals surface area contributed by atoms with Crippen LogP contribution < -0.4 is 10.6 Å². The molecule has 0 spiro atoms. The third-order valence-electron chi connectivity index (χ3n) is 2.99. The Hall–Kier alpha value is -1.37. The topological polar surface area (TPSA) is 92.3 Å². The summed E-state index contributed by atoms with van der Waals surface area (Å²) in [6.07, 6.45) is 0.0723. The average Bonchev–Trinajstić information content (AvgIpc) is 2.82. The van der Waals surface area contributed by atoms with Crippen molar-refractivity contribution in [1.29, 1.82) is 0 Å². The summed E-state index contributed by atoms with van der Waals surface area (Å²) in [4.78, 5) is 43.1. The summed E-state index contributed by atoms with van der Waals surface area (Å²) in [5.41, 5.74) is 0. The Labute approximate surface area is 122 Å². The molecule has 112 valence electrons. The van der Waals surface area contributed by atoms with Crippen molar-refractivity contribution in [2.75, 3.05) is 0 Å². The second kappa shape index (κ2) is 6.88. The Morgan fingerprint density at radius 2 is 1.65 bits per heavy atom. The molecule has 3 amide bonds. The molecule has 0 aromatic rings. The SMILES string of the molecule is CC(C)C1NC(=O)CC1=O.CC(C)C1SC(=O)NC1=O. The summed E-state index contributed by atoms with van der Waals surface area (Å²) < 4.78 is 0. The van der Waals surface area contributed by atoms with E-state index in [-0.39, 0.29) is 52.4 Å². The molecule has 2 aliphatic rings. The highest BCUT2D eigenvalue weighted by atomic mass is 32.2. The quantitative estimate of drug-likeness (QED) is 0.745. The summed E-state index contributed by atoms with van der Waals surface area (Å²) >= 11 is 1.08. The maximum Gasteiger partial charge on any atom is 0.286 e. The van der Waals surface area contributed by atoms with E-state index in [0.717, 1.165) is 11.8 Å². The number of carbonyl (C=O) groups excluding carboxylic acids is 4. The van der Waals surface area contributed by atoms with Gasteiger partial charge in [-0.3, -0.25) is 24.5 Å². The molecule has 20 heavy (non-hydrogen) atoms. The van der Waals surface area contributed by atoms with E-state index in [1.165, 1.54) is 0 Å². The van der Waals surface area contributed by atoms with Crippen LogP contribution in [-0.2, 0) is 14.4 Å². The fourth-order valence-corrected chi connectivity index (χ4v) is 2.75. The lowest BCUT2D eigenvalue weighted by Crippen LogP contribution is -2.33. The van der Waals surface area contributed by atoms with Crippen molar-refractivity contribution in [1.82, 2.24) is 10.6 Å². The normalized spacial score (nSPS) is 25.7. The van der Waals surface area contributed by atoms with Gasteiger partial charge in [0.25, 0.3) is 5.24 Å². The van der Waals surface area contributed by atoms with Gasteiger partial charge >= 0.3 is 0 Å². The minimum absolute atomic E-state index is 0.0278. The molecule has 2 N–H and O–H groups in total. The Bertz CT molecular complexity index is 394. The van der Waals surface area contributed by atoms with Crippen LogP contribution in [-0.4, -0.2) is 34.1 Å². The molecule has 0 aliphatic carbocycles. The number of imide groups is 1. The van der Waals surface area contributed by atoms with Gasteiger partial charge in [-0.05, 0) is 11.8 Å². The van der Waals surface area contributed by atoms with Gasteiger partial charge in [-0.25, -0.2) is 0 Å². The summed E-state index contributed by atoms with van der Waals surface area (Å²) in [6.45, 7) is 7.70. The van der Waals surface area contributed by atoms with E-state index in [1.807, 2.05) is 27.7 Å². The lowest BCUT2D eigenvalue weighted by atomic mass is 10.0. The van der Waals surface area contributed by atoms with Gasteiger partial charge in [-0.1, -0.05) is 39.5 Å². The van der Waals surface area contributed by atoms with Gasteiger partial charge in [0.1, 0.15) is 0 Å². The number of amides is 3. The van der Waals surface area contributed by atoms with Crippen LogP contribution in [0.15, 0.2) is 0 Å². The van der Waals surface area contributed by atoms with Crippen molar-refractivity contribution in [3.63, 3.8) is 0 Å². The van der Waals surface area contributed by atoms with Gasteiger partial charge in [0.2, 0.25) is 11.8 Å². The van der Waals surface area contributed by atoms with Gasteiger partial charge < -0.3 is 5.32 Å². The summed E-state index contributed by atoms with van der Waals surface area (Å²) in [6, 6.07) is -0.229. The fraction of sp³-hybridized carbons (Fsp3) is 0.692. The minimum atomic E-state index is -0.229. The predicted molar refractivity (Wildman–Crippen MR) is 76.1 cm³/mol. The van der Waals surface area contributed by atoms with E-state index < -0.39 is 0 Å². The highest BCUT2D eigenvalue weighted by molar-refractivity contribution is 8.15. The molecule has 2 heterocycles. The van der Waals surface area contributed by atoms with Gasteiger partial charge in [-0.15, -0.1) is 0 Å². The largest absolute Gasteiger partial charge is 0.346 e. The second-order valence-electron chi connectivity index (χ2n) is 5.49. The standard InChI is InChI=1S/C7H11NO2.C6H9NO2S/c1-4(2)7-5(9)3-6(10)8-7;1-3(2)4-5(8)7-6(9)10-4/h4,7H,3H2,1-2H3,(H,8,10);3-4H,1-2H3,(H,7,8,9). The second-order valence-corrected chi connectivity index (χ2v) is 6.61. The smallest absolute Gasteiger partial charge is 0.286 e. The molecule has 2 aliphatic heterocycles. The van der Waals surface area contributed by atoms with Crippen LogP contribution in [0.5, 0.6) is 0 Å². The number of hydrogen-bond donors (Lipinski definition) is 2. The maximum atomic E-state index is 10.9. The van der Waals surface area contributed by atoms with Crippen LogP contribution in [0.25, 0.3) is 0 Å². The number of carbonyl (C=O) groups is 4. The molecule has 0 saturated carbocycles. The first-order chi connectivity index (χ1) is 9.22. The van der Waals surface area contributed by atoms with Gasteiger partial charge in [0, 0.05) is 0 Å². The molecule has 2 atom stereocenters. The number of ketones is 1. The van der Waals surface area contributed by atoms with Gasteiger partial charge in [-0.2, -0.15) is 0 Å². The molecule has 6 nitrogen and oxygen atoms in total. The zero-order valence-electron chi connectivity index (χ0n) is 12.1. The molecule has 0 bridgehead atoms. The highest BCUT2D eigenvalue weighted by Crippen LogP contribution is 2.24. The van der Waals surface area contributed by atoms with Crippen LogP contribution in [0.2, 0.25) is 0 Å². The van der Waals surface area contributed by atoms with Gasteiger partial charge in [0.15, 0.2) is 5.78 Å². The fourth-order valence-electron chi connectivity index (χ4n) is 1.92. The van der Waals surface area contributed by atoms with Crippen LogP contribution in [0.4, 0.5) is 4.79 Å². The molecular weight excluding hydrogens is 280 g/mol. The van der Waals surface area contributed by atoms with Crippen LogP contribution in [0, 0.1) is 11.8 Å². The molecule has 2 unspecified atom stereocenters. The maximum absolute atomic E-state index is 10.9. The molecule has 2 rings (SSSR count). The molecule has 2 fully saturated rings. The third kappa shape index (κ3) is 4.33. The lowest BCUT2D eigenvalue weighted by molar-refractivity contribution is -0.122. The van der Waals surface area contributed by atoms with E-state index in [9.17, 15) is 19.2 Å². The third-order valence-corrected chi connectivity index (χ3v) is 4.32. The Balaban J connectivity index is 0.000000200. The lowest BCUT2D eigenvalue weighted by Gasteiger charge is -2.11. The van der Waals surface area contributed by atoms with E-state index >= 15 is 0 Å².